The number of rotatable bonds is 3. The van der Waals surface area contributed by atoms with E-state index in [0.717, 1.165) is 16.7 Å². The van der Waals surface area contributed by atoms with Crippen molar-refractivity contribution in [2.75, 3.05) is 0 Å². The van der Waals surface area contributed by atoms with Crippen molar-refractivity contribution in [1.82, 2.24) is 9.78 Å². The maximum Gasteiger partial charge on any atom is 0.220 e. The minimum absolute atomic E-state index is 0.0383. The fourth-order valence-electron chi connectivity index (χ4n) is 3.77. The molecule has 1 aliphatic carbocycles. The van der Waals surface area contributed by atoms with Gasteiger partial charge in [-0.25, -0.2) is 0 Å². The minimum atomic E-state index is -0.404. The molecule has 146 valence electrons. The number of aryl methyl sites for hydroxylation is 1. The van der Waals surface area contributed by atoms with Crippen LogP contribution in [0.3, 0.4) is 0 Å². The molecule has 0 N–H and O–H groups in total. The largest absolute Gasteiger partial charge is 0.571 e. The predicted octanol–water partition coefficient (Wildman–Crippen LogP) is 3.32. The van der Waals surface area contributed by atoms with Crippen LogP contribution in [0.25, 0.3) is 11.1 Å². The molecule has 0 unspecified atom stereocenters. The quantitative estimate of drug-likeness (QED) is 0.347. The first-order valence-electron chi connectivity index (χ1n) is 9.58. The third-order valence-corrected chi connectivity index (χ3v) is 5.39. The molecule has 4 aromatic rings. The number of hydrogen-bond acceptors (Lipinski definition) is 4. The Morgan fingerprint density at radius 1 is 0.833 bits per heavy atom. The molecular weight excluding hydrogens is 378 g/mol. The van der Waals surface area contributed by atoms with Gasteiger partial charge in [0.15, 0.2) is 5.69 Å². The lowest BCUT2D eigenvalue weighted by Gasteiger charge is -2.12. The predicted molar refractivity (Wildman–Crippen MR) is 110 cm³/mol. The molecular formula is C24H17N3O3. The average Bonchev–Trinajstić information content (AvgIpc) is 3.10. The zero-order chi connectivity index (χ0) is 20.8. The fourth-order valence-corrected chi connectivity index (χ4v) is 3.77. The van der Waals surface area contributed by atoms with E-state index in [-0.39, 0.29) is 29.3 Å². The van der Waals surface area contributed by atoms with Crippen molar-refractivity contribution >= 4 is 11.6 Å². The number of carbonyl (C=O) groups excluding carboxylic acids is 2. The van der Waals surface area contributed by atoms with Crippen LogP contribution in [0, 0.1) is 12.1 Å². The third kappa shape index (κ3) is 2.81. The van der Waals surface area contributed by atoms with E-state index in [0.29, 0.717) is 10.5 Å². The Kier molecular flexibility index (Phi) is 4.06. The maximum absolute atomic E-state index is 13.0. The van der Waals surface area contributed by atoms with E-state index in [1.807, 2.05) is 31.2 Å². The second kappa shape index (κ2) is 6.77. The van der Waals surface area contributed by atoms with Crippen LogP contribution < -0.4 is 4.96 Å². The Morgan fingerprint density at radius 3 is 2.03 bits per heavy atom. The van der Waals surface area contributed by atoms with Crippen LogP contribution in [-0.4, -0.2) is 21.3 Å². The fraction of sp³-hybridized carbons (Fsp3) is 0.0833. The summed E-state index contributed by atoms with van der Waals surface area (Å²) in [4.78, 5) is 26.0. The molecule has 0 fully saturated rings. The summed E-state index contributed by atoms with van der Waals surface area (Å²) in [5, 5.41) is 16.2. The molecule has 0 bridgehead atoms. The molecule has 30 heavy (non-hydrogen) atoms. The van der Waals surface area contributed by atoms with Crippen LogP contribution >= 0.6 is 0 Å². The summed E-state index contributed by atoms with van der Waals surface area (Å²) in [6.45, 7) is 2.18. The molecule has 1 aliphatic rings. The molecule has 6 nitrogen and oxygen atoms in total. The van der Waals surface area contributed by atoms with Crippen molar-refractivity contribution < 1.29 is 14.5 Å². The number of carbonyl (C=O) groups is 2. The normalized spacial score (nSPS) is 12.6. The van der Waals surface area contributed by atoms with Crippen LogP contribution in [0.4, 0.5) is 0 Å². The number of benzene rings is 3. The van der Waals surface area contributed by atoms with Gasteiger partial charge in [-0.3, -0.25) is 9.59 Å². The van der Waals surface area contributed by atoms with Gasteiger partial charge in [0.1, 0.15) is 6.54 Å². The van der Waals surface area contributed by atoms with Crippen LogP contribution in [0.5, 0.6) is 0 Å². The smallest absolute Gasteiger partial charge is 0.220 e. The van der Waals surface area contributed by atoms with Gasteiger partial charge in [0.25, 0.3) is 0 Å². The lowest BCUT2D eigenvalue weighted by atomic mass is 9.90. The van der Waals surface area contributed by atoms with Gasteiger partial charge < -0.3 is 5.21 Å². The molecule has 1 heterocycles. The monoisotopic (exact) mass is 395 g/mol. The van der Waals surface area contributed by atoms with E-state index < -0.39 is 5.78 Å². The van der Waals surface area contributed by atoms with Gasteiger partial charge in [-0.15, -0.1) is 4.68 Å². The Labute approximate surface area is 172 Å². The lowest BCUT2D eigenvalue weighted by molar-refractivity contribution is -0.748. The highest BCUT2D eigenvalue weighted by molar-refractivity contribution is 6.26. The number of ketones is 2. The van der Waals surface area contributed by atoms with E-state index in [9.17, 15) is 14.8 Å². The molecule has 0 saturated heterocycles. The Hall–Kier alpha value is -4.06. The minimum Gasteiger partial charge on any atom is -0.571 e. The first kappa shape index (κ1) is 18.0. The average molecular weight is 395 g/mol. The molecule has 6 heteroatoms. The van der Waals surface area contributed by atoms with Crippen molar-refractivity contribution in [2.45, 2.75) is 13.5 Å². The van der Waals surface area contributed by atoms with Crippen molar-refractivity contribution in [3.05, 3.63) is 112 Å². The maximum atomic E-state index is 13.0. The lowest BCUT2D eigenvalue weighted by Crippen LogP contribution is -2.41. The SMILES string of the molecule is Cc1ccc(-c2ccc(Cn3c4c(n[n+]3[O-])C(=O)c3ccccc3C4=O)cc2)cc1. The molecule has 0 saturated carbocycles. The number of hydrogen-bond donors (Lipinski definition) is 0. The van der Waals surface area contributed by atoms with E-state index in [2.05, 4.69) is 29.4 Å². The highest BCUT2D eigenvalue weighted by atomic mass is 16.5. The molecule has 0 radical (unpaired) electrons. The number of fused-ring (bicyclic) bond motifs is 2. The first-order chi connectivity index (χ1) is 14.5. The molecule has 5 rings (SSSR count). The second-order valence-electron chi connectivity index (χ2n) is 7.37. The highest BCUT2D eigenvalue weighted by Gasteiger charge is 2.39. The summed E-state index contributed by atoms with van der Waals surface area (Å²) in [5.74, 6) is -0.767. The molecule has 0 amide bonds. The summed E-state index contributed by atoms with van der Waals surface area (Å²) < 4.78 is 1.21. The highest BCUT2D eigenvalue weighted by Crippen LogP contribution is 2.26. The van der Waals surface area contributed by atoms with Crippen LogP contribution in [0.1, 0.15) is 43.2 Å². The topological polar surface area (TPSA) is 78.9 Å². The zero-order valence-corrected chi connectivity index (χ0v) is 16.2. The molecule has 0 aliphatic heterocycles. The molecule has 0 spiro atoms. The van der Waals surface area contributed by atoms with E-state index in [1.165, 1.54) is 10.2 Å². The van der Waals surface area contributed by atoms with Gasteiger partial charge >= 0.3 is 0 Å². The van der Waals surface area contributed by atoms with E-state index >= 15 is 0 Å². The van der Waals surface area contributed by atoms with Gasteiger partial charge in [-0.2, -0.15) is 0 Å². The summed E-state index contributed by atoms with van der Waals surface area (Å²) >= 11 is 0. The second-order valence-corrected chi connectivity index (χ2v) is 7.37. The zero-order valence-electron chi connectivity index (χ0n) is 16.2. The summed E-state index contributed by atoms with van der Waals surface area (Å²) in [6, 6.07) is 22.6. The van der Waals surface area contributed by atoms with Gasteiger partial charge in [0.2, 0.25) is 17.3 Å². The van der Waals surface area contributed by atoms with E-state index in [1.54, 1.807) is 24.3 Å². The van der Waals surface area contributed by atoms with Crippen molar-refractivity contribution in [3.63, 3.8) is 0 Å². The van der Waals surface area contributed by atoms with Crippen molar-refractivity contribution in [1.29, 1.82) is 0 Å². The summed E-state index contributed by atoms with van der Waals surface area (Å²) in [7, 11) is 0. The van der Waals surface area contributed by atoms with Crippen LogP contribution in [0.15, 0.2) is 72.8 Å². The third-order valence-electron chi connectivity index (χ3n) is 5.39. The van der Waals surface area contributed by atoms with Gasteiger partial charge in [0.05, 0.1) is 0 Å². The number of aromatic nitrogens is 3. The molecule has 3 aromatic carbocycles. The van der Waals surface area contributed by atoms with Crippen LogP contribution in [0.2, 0.25) is 0 Å². The van der Waals surface area contributed by atoms with Gasteiger partial charge in [-0.1, -0.05) is 78.4 Å². The molecule has 0 atom stereocenters. The number of nitrogens with zero attached hydrogens (tertiary/aromatic N) is 3. The Balaban J connectivity index is 1.49. The first-order valence-corrected chi connectivity index (χ1v) is 9.58. The van der Waals surface area contributed by atoms with Crippen molar-refractivity contribution in [3.8, 4) is 11.1 Å². The van der Waals surface area contributed by atoms with Gasteiger partial charge in [0, 0.05) is 21.2 Å². The van der Waals surface area contributed by atoms with Crippen molar-refractivity contribution in [2.24, 2.45) is 0 Å². The van der Waals surface area contributed by atoms with Gasteiger partial charge in [-0.05, 0) is 23.6 Å². The molecule has 1 aromatic heterocycles. The Bertz CT molecular complexity index is 1300. The standard InChI is InChI=1S/C24H17N3O3/c1-15-6-10-17(11-7-15)18-12-8-16(9-13-18)14-26-22-21(25-27(26)30)23(28)19-4-2-3-5-20(19)24(22)29/h2-13H,14H2,1H3. The summed E-state index contributed by atoms with van der Waals surface area (Å²) in [6.07, 6.45) is 0. The van der Waals surface area contributed by atoms with Crippen LogP contribution in [-0.2, 0) is 6.54 Å². The Morgan fingerprint density at radius 2 is 1.40 bits per heavy atom. The van der Waals surface area contributed by atoms with E-state index in [4.69, 9.17) is 0 Å². The summed E-state index contributed by atoms with van der Waals surface area (Å²) in [5.41, 5.74) is 4.70.